The first-order valence-electron chi connectivity index (χ1n) is 4.77. The molecule has 0 aliphatic heterocycles. The lowest BCUT2D eigenvalue weighted by atomic mass is 9.97. The molecular formula is C13H11O2. The highest BCUT2D eigenvalue weighted by molar-refractivity contribution is 6.05. The van der Waals surface area contributed by atoms with Gasteiger partial charge in [-0.15, -0.1) is 0 Å². The SMILES string of the molecule is [CH2]Cc1ccc2ccccc2c1C(=O)O. The van der Waals surface area contributed by atoms with Gasteiger partial charge in [0.05, 0.1) is 5.56 Å². The first kappa shape index (κ1) is 9.71. The number of benzene rings is 2. The quantitative estimate of drug-likeness (QED) is 0.807. The van der Waals surface area contributed by atoms with Gasteiger partial charge < -0.3 is 5.11 Å². The van der Waals surface area contributed by atoms with Crippen molar-refractivity contribution in [1.82, 2.24) is 0 Å². The molecule has 0 heterocycles. The van der Waals surface area contributed by atoms with Gasteiger partial charge in [-0.2, -0.15) is 0 Å². The molecule has 0 bridgehead atoms. The van der Waals surface area contributed by atoms with Gasteiger partial charge in [0, 0.05) is 0 Å². The van der Waals surface area contributed by atoms with E-state index in [2.05, 4.69) is 6.92 Å². The lowest BCUT2D eigenvalue weighted by Gasteiger charge is -2.07. The maximum absolute atomic E-state index is 11.2. The van der Waals surface area contributed by atoms with Crippen molar-refractivity contribution >= 4 is 16.7 Å². The Balaban J connectivity index is 2.85. The van der Waals surface area contributed by atoms with Gasteiger partial charge >= 0.3 is 5.97 Å². The van der Waals surface area contributed by atoms with E-state index in [1.54, 1.807) is 0 Å². The molecule has 2 aromatic carbocycles. The molecule has 0 amide bonds. The first-order chi connectivity index (χ1) is 7.24. The van der Waals surface area contributed by atoms with E-state index in [-0.39, 0.29) is 0 Å². The second-order valence-electron chi connectivity index (χ2n) is 3.38. The van der Waals surface area contributed by atoms with Crippen LogP contribution < -0.4 is 0 Å². The molecule has 2 nitrogen and oxygen atoms in total. The van der Waals surface area contributed by atoms with E-state index in [0.29, 0.717) is 12.0 Å². The molecule has 1 N–H and O–H groups in total. The fourth-order valence-corrected chi connectivity index (χ4v) is 1.78. The van der Waals surface area contributed by atoms with Crippen molar-refractivity contribution in [2.45, 2.75) is 6.42 Å². The zero-order valence-electron chi connectivity index (χ0n) is 8.23. The summed E-state index contributed by atoms with van der Waals surface area (Å²) in [6.07, 6.45) is 0.493. The number of hydrogen-bond donors (Lipinski definition) is 1. The maximum Gasteiger partial charge on any atom is 0.336 e. The third kappa shape index (κ3) is 1.59. The highest BCUT2D eigenvalue weighted by Gasteiger charge is 2.12. The van der Waals surface area contributed by atoms with Gasteiger partial charge in [-0.05, 0) is 29.7 Å². The standard InChI is InChI=1S/C13H11O2/c1-2-9-7-8-10-5-3-4-6-11(10)12(9)13(14)15/h3-8H,1-2H2,(H,14,15). The Hall–Kier alpha value is -1.83. The van der Waals surface area contributed by atoms with E-state index in [9.17, 15) is 4.79 Å². The number of carbonyl (C=O) groups is 1. The Morgan fingerprint density at radius 3 is 2.60 bits per heavy atom. The first-order valence-corrected chi connectivity index (χ1v) is 4.77. The monoisotopic (exact) mass is 199 g/mol. The van der Waals surface area contributed by atoms with Crippen molar-refractivity contribution in [1.29, 1.82) is 0 Å². The van der Waals surface area contributed by atoms with Crippen molar-refractivity contribution in [3.63, 3.8) is 0 Å². The van der Waals surface area contributed by atoms with Gasteiger partial charge in [-0.25, -0.2) is 4.79 Å². The summed E-state index contributed by atoms with van der Waals surface area (Å²) < 4.78 is 0. The van der Waals surface area contributed by atoms with Crippen LogP contribution >= 0.6 is 0 Å². The normalized spacial score (nSPS) is 10.5. The number of rotatable bonds is 2. The van der Waals surface area contributed by atoms with Gasteiger partial charge in [-0.3, -0.25) is 0 Å². The molecule has 0 spiro atoms. The van der Waals surface area contributed by atoms with E-state index in [0.717, 1.165) is 16.3 Å². The van der Waals surface area contributed by atoms with E-state index in [1.807, 2.05) is 36.4 Å². The molecule has 0 fully saturated rings. The molecule has 2 aromatic rings. The molecular weight excluding hydrogens is 188 g/mol. The van der Waals surface area contributed by atoms with Crippen LogP contribution in [0.25, 0.3) is 10.8 Å². The van der Waals surface area contributed by atoms with Crippen LogP contribution in [0.2, 0.25) is 0 Å². The molecule has 15 heavy (non-hydrogen) atoms. The van der Waals surface area contributed by atoms with Gasteiger partial charge in [0.15, 0.2) is 0 Å². The Bertz CT molecular complexity index is 515. The summed E-state index contributed by atoms with van der Waals surface area (Å²) in [6, 6.07) is 11.3. The summed E-state index contributed by atoms with van der Waals surface area (Å²) in [4.78, 5) is 11.2. The van der Waals surface area contributed by atoms with E-state index < -0.39 is 5.97 Å². The minimum atomic E-state index is -0.884. The summed E-state index contributed by atoms with van der Waals surface area (Å²) in [5.41, 5.74) is 1.16. The Labute approximate surface area is 88.2 Å². The zero-order valence-corrected chi connectivity index (χ0v) is 8.23. The minimum Gasteiger partial charge on any atom is -0.478 e. The van der Waals surface area contributed by atoms with Crippen LogP contribution in [0, 0.1) is 6.92 Å². The summed E-state index contributed by atoms with van der Waals surface area (Å²) >= 11 is 0. The van der Waals surface area contributed by atoms with Crippen molar-refractivity contribution < 1.29 is 9.90 Å². The lowest BCUT2D eigenvalue weighted by Crippen LogP contribution is -2.02. The molecule has 0 saturated heterocycles. The van der Waals surface area contributed by atoms with Crippen molar-refractivity contribution in [3.8, 4) is 0 Å². The third-order valence-corrected chi connectivity index (χ3v) is 2.50. The van der Waals surface area contributed by atoms with Crippen LogP contribution in [-0.2, 0) is 6.42 Å². The molecule has 0 aliphatic rings. The van der Waals surface area contributed by atoms with Crippen molar-refractivity contribution in [2.24, 2.45) is 0 Å². The number of carboxylic acids is 1. The topological polar surface area (TPSA) is 37.3 Å². The van der Waals surface area contributed by atoms with Crippen LogP contribution in [0.3, 0.4) is 0 Å². The molecule has 0 unspecified atom stereocenters. The van der Waals surface area contributed by atoms with Crippen molar-refractivity contribution in [3.05, 3.63) is 54.4 Å². The Kier molecular flexibility index (Phi) is 2.42. The number of fused-ring (bicyclic) bond motifs is 1. The van der Waals surface area contributed by atoms with Crippen molar-refractivity contribution in [2.75, 3.05) is 0 Å². The minimum absolute atomic E-state index is 0.378. The van der Waals surface area contributed by atoms with Crippen LogP contribution in [0.1, 0.15) is 15.9 Å². The molecule has 0 aliphatic carbocycles. The van der Waals surface area contributed by atoms with E-state index in [1.165, 1.54) is 0 Å². The predicted octanol–water partition coefficient (Wildman–Crippen LogP) is 2.91. The Morgan fingerprint density at radius 2 is 1.93 bits per heavy atom. The average molecular weight is 199 g/mol. The number of hydrogen-bond acceptors (Lipinski definition) is 1. The third-order valence-electron chi connectivity index (χ3n) is 2.50. The van der Waals surface area contributed by atoms with Gasteiger partial charge in [-0.1, -0.05) is 36.4 Å². The van der Waals surface area contributed by atoms with Crippen LogP contribution in [0.5, 0.6) is 0 Å². The highest BCUT2D eigenvalue weighted by atomic mass is 16.4. The summed E-state index contributed by atoms with van der Waals surface area (Å²) in [6.45, 7) is 3.74. The molecule has 1 radical (unpaired) electrons. The molecule has 2 rings (SSSR count). The molecule has 75 valence electrons. The second kappa shape index (κ2) is 3.73. The van der Waals surface area contributed by atoms with Crippen LogP contribution in [0.15, 0.2) is 36.4 Å². The fourth-order valence-electron chi connectivity index (χ4n) is 1.78. The summed E-state index contributed by atoms with van der Waals surface area (Å²) in [5, 5.41) is 10.9. The van der Waals surface area contributed by atoms with Gasteiger partial charge in [0.2, 0.25) is 0 Å². The highest BCUT2D eigenvalue weighted by Crippen LogP contribution is 2.22. The number of carboxylic acid groups (broad SMARTS) is 1. The van der Waals surface area contributed by atoms with E-state index >= 15 is 0 Å². The van der Waals surface area contributed by atoms with Gasteiger partial charge in [0.1, 0.15) is 0 Å². The fraction of sp³-hybridized carbons (Fsp3) is 0.0769. The summed E-state index contributed by atoms with van der Waals surface area (Å²) in [5.74, 6) is -0.884. The molecule has 2 heteroatoms. The summed E-state index contributed by atoms with van der Waals surface area (Å²) in [7, 11) is 0. The molecule has 0 atom stereocenters. The zero-order chi connectivity index (χ0) is 10.8. The van der Waals surface area contributed by atoms with E-state index in [4.69, 9.17) is 5.11 Å². The average Bonchev–Trinajstić information content (AvgIpc) is 2.27. The van der Waals surface area contributed by atoms with Crippen LogP contribution in [0.4, 0.5) is 0 Å². The second-order valence-corrected chi connectivity index (χ2v) is 3.38. The maximum atomic E-state index is 11.2. The lowest BCUT2D eigenvalue weighted by molar-refractivity contribution is 0.0698. The van der Waals surface area contributed by atoms with Crippen LogP contribution in [-0.4, -0.2) is 11.1 Å². The largest absolute Gasteiger partial charge is 0.478 e. The Morgan fingerprint density at radius 1 is 1.20 bits per heavy atom. The predicted molar refractivity (Wildman–Crippen MR) is 60.0 cm³/mol. The molecule has 0 aromatic heterocycles. The molecule has 0 saturated carbocycles. The smallest absolute Gasteiger partial charge is 0.336 e. The number of aromatic carboxylic acids is 1. The van der Waals surface area contributed by atoms with Gasteiger partial charge in [0.25, 0.3) is 0 Å².